The van der Waals surface area contributed by atoms with Gasteiger partial charge in [-0.2, -0.15) is 13.2 Å². The average molecular weight is 219 g/mol. The SMILES string of the molecule is Nc1ncccc1CC(N)CC(F)(F)F. The van der Waals surface area contributed by atoms with E-state index in [1.807, 2.05) is 0 Å². The number of rotatable bonds is 3. The number of nitrogen functional groups attached to an aromatic ring is 1. The van der Waals surface area contributed by atoms with Crippen LogP contribution in [0.2, 0.25) is 0 Å². The molecule has 1 rings (SSSR count). The molecule has 1 aromatic heterocycles. The molecule has 1 atom stereocenters. The molecule has 0 aliphatic heterocycles. The first-order valence-corrected chi connectivity index (χ1v) is 4.40. The molecule has 0 fully saturated rings. The van der Waals surface area contributed by atoms with Crippen LogP contribution in [-0.2, 0) is 6.42 Å². The molecule has 4 N–H and O–H groups in total. The Labute approximate surface area is 85.3 Å². The van der Waals surface area contributed by atoms with Gasteiger partial charge in [0.2, 0.25) is 0 Å². The highest BCUT2D eigenvalue weighted by atomic mass is 19.4. The molecule has 1 aromatic rings. The number of alkyl halides is 3. The van der Waals surface area contributed by atoms with E-state index in [0.717, 1.165) is 0 Å². The lowest BCUT2D eigenvalue weighted by Crippen LogP contribution is -2.29. The normalized spacial score (nSPS) is 13.9. The second-order valence-electron chi connectivity index (χ2n) is 3.33. The lowest BCUT2D eigenvalue weighted by atomic mass is 10.0. The topological polar surface area (TPSA) is 64.9 Å². The van der Waals surface area contributed by atoms with Crippen LogP contribution in [0, 0.1) is 0 Å². The molecule has 0 aliphatic rings. The van der Waals surface area contributed by atoms with Gasteiger partial charge < -0.3 is 11.5 Å². The third-order valence-corrected chi connectivity index (χ3v) is 1.90. The Kier molecular flexibility index (Phi) is 3.52. The monoisotopic (exact) mass is 219 g/mol. The minimum absolute atomic E-state index is 0.0825. The fourth-order valence-electron chi connectivity index (χ4n) is 1.28. The van der Waals surface area contributed by atoms with Gasteiger partial charge in [-0.15, -0.1) is 0 Å². The molecule has 0 aromatic carbocycles. The van der Waals surface area contributed by atoms with E-state index >= 15 is 0 Å². The van der Waals surface area contributed by atoms with Crippen LogP contribution in [0.5, 0.6) is 0 Å². The summed E-state index contributed by atoms with van der Waals surface area (Å²) in [6, 6.07) is 2.27. The average Bonchev–Trinajstić information content (AvgIpc) is 2.05. The van der Waals surface area contributed by atoms with Gasteiger partial charge in [0, 0.05) is 12.2 Å². The Morgan fingerprint density at radius 1 is 1.40 bits per heavy atom. The number of nitrogens with two attached hydrogens (primary N) is 2. The third kappa shape index (κ3) is 4.16. The van der Waals surface area contributed by atoms with E-state index < -0.39 is 18.6 Å². The van der Waals surface area contributed by atoms with Crippen molar-refractivity contribution in [1.82, 2.24) is 4.98 Å². The zero-order chi connectivity index (χ0) is 11.5. The quantitative estimate of drug-likeness (QED) is 0.809. The summed E-state index contributed by atoms with van der Waals surface area (Å²) in [6.07, 6.45) is -3.69. The highest BCUT2D eigenvalue weighted by Gasteiger charge is 2.30. The van der Waals surface area contributed by atoms with Crippen LogP contribution in [0.3, 0.4) is 0 Å². The first-order chi connectivity index (χ1) is 6.88. The van der Waals surface area contributed by atoms with Gasteiger partial charge in [-0.25, -0.2) is 4.98 Å². The van der Waals surface area contributed by atoms with Crippen molar-refractivity contribution < 1.29 is 13.2 Å². The van der Waals surface area contributed by atoms with Crippen molar-refractivity contribution in [3.8, 4) is 0 Å². The fraction of sp³-hybridized carbons (Fsp3) is 0.444. The van der Waals surface area contributed by atoms with Gasteiger partial charge in [0.1, 0.15) is 5.82 Å². The third-order valence-electron chi connectivity index (χ3n) is 1.90. The van der Waals surface area contributed by atoms with Gasteiger partial charge >= 0.3 is 6.18 Å². The Hall–Kier alpha value is -1.30. The molecule has 0 spiro atoms. The summed E-state index contributed by atoms with van der Waals surface area (Å²) in [5.74, 6) is 0.232. The summed E-state index contributed by atoms with van der Waals surface area (Å²) in [5.41, 5.74) is 11.4. The van der Waals surface area contributed by atoms with Crippen molar-refractivity contribution in [3.05, 3.63) is 23.9 Å². The van der Waals surface area contributed by atoms with Crippen molar-refractivity contribution in [1.29, 1.82) is 0 Å². The summed E-state index contributed by atoms with van der Waals surface area (Å²) in [6.45, 7) is 0. The first kappa shape index (κ1) is 11.8. The zero-order valence-electron chi connectivity index (χ0n) is 7.96. The zero-order valence-corrected chi connectivity index (χ0v) is 7.96. The van der Waals surface area contributed by atoms with Gasteiger partial charge in [-0.05, 0) is 18.1 Å². The minimum Gasteiger partial charge on any atom is -0.383 e. The van der Waals surface area contributed by atoms with Crippen LogP contribution in [0.1, 0.15) is 12.0 Å². The number of aromatic nitrogens is 1. The van der Waals surface area contributed by atoms with E-state index in [9.17, 15) is 13.2 Å². The number of halogens is 3. The first-order valence-electron chi connectivity index (χ1n) is 4.40. The van der Waals surface area contributed by atoms with E-state index in [1.165, 1.54) is 6.20 Å². The van der Waals surface area contributed by atoms with Crippen LogP contribution in [0.15, 0.2) is 18.3 Å². The van der Waals surface area contributed by atoms with Gasteiger partial charge in [0.05, 0.1) is 6.42 Å². The lowest BCUT2D eigenvalue weighted by Gasteiger charge is -2.14. The smallest absolute Gasteiger partial charge is 0.383 e. The highest BCUT2D eigenvalue weighted by molar-refractivity contribution is 5.38. The van der Waals surface area contributed by atoms with E-state index in [4.69, 9.17) is 11.5 Å². The summed E-state index contributed by atoms with van der Waals surface area (Å²) in [4.78, 5) is 3.77. The second-order valence-corrected chi connectivity index (χ2v) is 3.33. The van der Waals surface area contributed by atoms with Crippen LogP contribution >= 0.6 is 0 Å². The molecule has 1 heterocycles. The molecule has 3 nitrogen and oxygen atoms in total. The molecule has 0 aliphatic carbocycles. The largest absolute Gasteiger partial charge is 0.390 e. The van der Waals surface area contributed by atoms with Crippen molar-refractivity contribution in [2.45, 2.75) is 25.1 Å². The summed E-state index contributed by atoms with van der Waals surface area (Å²) < 4.78 is 35.9. The van der Waals surface area contributed by atoms with Gasteiger partial charge in [-0.3, -0.25) is 0 Å². The summed E-state index contributed by atoms with van der Waals surface area (Å²) in [5, 5.41) is 0. The standard InChI is InChI=1S/C9H12F3N3/c10-9(11,12)5-7(13)4-6-2-1-3-15-8(6)14/h1-3,7H,4-5,13H2,(H2,14,15). The van der Waals surface area contributed by atoms with Crippen LogP contribution in [-0.4, -0.2) is 17.2 Å². The lowest BCUT2D eigenvalue weighted by molar-refractivity contribution is -0.138. The molecule has 15 heavy (non-hydrogen) atoms. The highest BCUT2D eigenvalue weighted by Crippen LogP contribution is 2.22. The van der Waals surface area contributed by atoms with Crippen molar-refractivity contribution in [2.24, 2.45) is 5.73 Å². The van der Waals surface area contributed by atoms with E-state index in [1.54, 1.807) is 12.1 Å². The van der Waals surface area contributed by atoms with Crippen molar-refractivity contribution >= 4 is 5.82 Å². The Morgan fingerprint density at radius 2 is 2.07 bits per heavy atom. The van der Waals surface area contributed by atoms with Crippen molar-refractivity contribution in [2.75, 3.05) is 5.73 Å². The number of pyridine rings is 1. The number of nitrogens with zero attached hydrogens (tertiary/aromatic N) is 1. The molecule has 0 amide bonds. The van der Waals surface area contributed by atoms with Crippen LogP contribution in [0.25, 0.3) is 0 Å². The Morgan fingerprint density at radius 3 is 2.60 bits per heavy atom. The molecule has 0 saturated heterocycles. The predicted molar refractivity (Wildman–Crippen MR) is 51.0 cm³/mol. The Balaban J connectivity index is 2.59. The molecule has 0 saturated carbocycles. The summed E-state index contributed by atoms with van der Waals surface area (Å²) >= 11 is 0. The minimum atomic E-state index is -4.24. The maximum absolute atomic E-state index is 12.0. The molecular formula is C9H12F3N3. The van der Waals surface area contributed by atoms with E-state index in [0.29, 0.717) is 5.56 Å². The molecule has 1 unspecified atom stereocenters. The second kappa shape index (κ2) is 4.48. The molecular weight excluding hydrogens is 207 g/mol. The number of hydrogen-bond donors (Lipinski definition) is 2. The van der Waals surface area contributed by atoms with E-state index in [2.05, 4.69) is 4.98 Å². The van der Waals surface area contributed by atoms with Gasteiger partial charge in [-0.1, -0.05) is 6.07 Å². The number of hydrogen-bond acceptors (Lipinski definition) is 3. The predicted octanol–water partition coefficient (Wildman–Crippen LogP) is 1.49. The maximum atomic E-state index is 12.0. The van der Waals surface area contributed by atoms with Crippen molar-refractivity contribution in [3.63, 3.8) is 0 Å². The molecule has 0 radical (unpaired) electrons. The summed E-state index contributed by atoms with van der Waals surface area (Å²) in [7, 11) is 0. The molecule has 6 heteroatoms. The van der Waals surface area contributed by atoms with Gasteiger partial charge in [0.15, 0.2) is 0 Å². The van der Waals surface area contributed by atoms with Gasteiger partial charge in [0.25, 0.3) is 0 Å². The van der Waals surface area contributed by atoms with E-state index in [-0.39, 0.29) is 12.2 Å². The molecule has 0 bridgehead atoms. The van der Waals surface area contributed by atoms with Crippen LogP contribution in [0.4, 0.5) is 19.0 Å². The van der Waals surface area contributed by atoms with Crippen LogP contribution < -0.4 is 11.5 Å². The fourth-order valence-corrected chi connectivity index (χ4v) is 1.28. The number of anilines is 1. The molecule has 84 valence electrons. The Bertz CT molecular complexity index is 325. The maximum Gasteiger partial charge on any atom is 0.390 e.